The van der Waals surface area contributed by atoms with Gasteiger partial charge in [0, 0.05) is 16.8 Å². The standard InChI is InChI=1S/C18H13N3O3/c1-24-12-8-6-11(7-9-12)21-10-19-16-15(20-23)13-4-2-3-5-14(13)18(22)17(16)21/h2-10,23H,1H3. The molecule has 0 atom stereocenters. The zero-order chi connectivity index (χ0) is 16.7. The monoisotopic (exact) mass is 319 g/mol. The van der Waals surface area contributed by atoms with Crippen LogP contribution in [0.25, 0.3) is 5.69 Å². The van der Waals surface area contributed by atoms with Crippen LogP contribution in [0.1, 0.15) is 27.3 Å². The molecular formula is C18H13N3O3. The molecule has 1 heterocycles. The summed E-state index contributed by atoms with van der Waals surface area (Å²) in [6, 6.07) is 14.3. The topological polar surface area (TPSA) is 76.7 Å². The first-order chi connectivity index (χ1) is 11.7. The van der Waals surface area contributed by atoms with Crippen LogP contribution in [0.5, 0.6) is 5.75 Å². The number of rotatable bonds is 2. The Morgan fingerprint density at radius 3 is 2.46 bits per heavy atom. The molecule has 6 heteroatoms. The quantitative estimate of drug-likeness (QED) is 0.455. The van der Waals surface area contributed by atoms with Gasteiger partial charge < -0.3 is 9.94 Å². The van der Waals surface area contributed by atoms with Crippen LogP contribution in [0, 0.1) is 0 Å². The Labute approximate surface area is 137 Å². The van der Waals surface area contributed by atoms with Gasteiger partial charge in [-0.15, -0.1) is 0 Å². The number of fused-ring (bicyclic) bond motifs is 2. The number of nitrogens with zero attached hydrogens (tertiary/aromatic N) is 3. The molecule has 0 radical (unpaired) electrons. The van der Waals surface area contributed by atoms with Crippen molar-refractivity contribution in [3.8, 4) is 11.4 Å². The van der Waals surface area contributed by atoms with E-state index in [1.54, 1.807) is 42.3 Å². The lowest BCUT2D eigenvalue weighted by molar-refractivity contribution is 0.103. The molecule has 1 aliphatic rings. The van der Waals surface area contributed by atoms with E-state index in [1.807, 2.05) is 24.3 Å². The Kier molecular flexibility index (Phi) is 3.16. The van der Waals surface area contributed by atoms with Crippen LogP contribution in [0.4, 0.5) is 0 Å². The molecule has 1 aliphatic carbocycles. The van der Waals surface area contributed by atoms with E-state index >= 15 is 0 Å². The van der Waals surface area contributed by atoms with Gasteiger partial charge in [0.15, 0.2) is 0 Å². The van der Waals surface area contributed by atoms with Crippen LogP contribution in [0.15, 0.2) is 60.0 Å². The van der Waals surface area contributed by atoms with E-state index in [4.69, 9.17) is 4.74 Å². The molecule has 4 rings (SSSR count). The molecule has 3 aromatic rings. The zero-order valence-corrected chi connectivity index (χ0v) is 12.8. The third-order valence-corrected chi connectivity index (χ3v) is 4.08. The first kappa shape index (κ1) is 14.2. The summed E-state index contributed by atoms with van der Waals surface area (Å²) >= 11 is 0. The first-order valence-electron chi connectivity index (χ1n) is 7.33. The number of imidazole rings is 1. The Hall–Kier alpha value is -3.41. The highest BCUT2D eigenvalue weighted by atomic mass is 16.5. The molecule has 1 aromatic heterocycles. The molecule has 0 unspecified atom stereocenters. The Balaban J connectivity index is 1.92. The molecule has 0 spiro atoms. The fourth-order valence-corrected chi connectivity index (χ4v) is 2.92. The van der Waals surface area contributed by atoms with Gasteiger partial charge >= 0.3 is 0 Å². The van der Waals surface area contributed by atoms with Crippen molar-refractivity contribution in [3.63, 3.8) is 0 Å². The second-order valence-electron chi connectivity index (χ2n) is 5.33. The normalized spacial score (nSPS) is 14.4. The number of ether oxygens (including phenoxy) is 1. The minimum absolute atomic E-state index is 0.152. The van der Waals surface area contributed by atoms with Crippen molar-refractivity contribution < 1.29 is 14.7 Å². The highest BCUT2D eigenvalue weighted by molar-refractivity contribution is 6.28. The average Bonchev–Trinajstić information content (AvgIpc) is 3.07. The number of benzene rings is 2. The van der Waals surface area contributed by atoms with Crippen LogP contribution in [0.2, 0.25) is 0 Å². The van der Waals surface area contributed by atoms with Gasteiger partial charge in [-0.3, -0.25) is 9.36 Å². The van der Waals surface area contributed by atoms with Crippen molar-refractivity contribution in [2.75, 3.05) is 7.11 Å². The van der Waals surface area contributed by atoms with Gasteiger partial charge in [0.25, 0.3) is 0 Å². The lowest BCUT2D eigenvalue weighted by Crippen LogP contribution is -2.23. The van der Waals surface area contributed by atoms with E-state index in [-0.39, 0.29) is 5.78 Å². The molecule has 0 amide bonds. The number of carbonyl (C=O) groups excluding carboxylic acids is 1. The minimum atomic E-state index is -0.152. The molecule has 24 heavy (non-hydrogen) atoms. The van der Waals surface area contributed by atoms with Crippen LogP contribution in [-0.4, -0.2) is 33.4 Å². The highest BCUT2D eigenvalue weighted by Gasteiger charge is 2.33. The van der Waals surface area contributed by atoms with Gasteiger partial charge in [0.2, 0.25) is 5.78 Å². The van der Waals surface area contributed by atoms with Crippen molar-refractivity contribution >= 4 is 11.5 Å². The van der Waals surface area contributed by atoms with Crippen LogP contribution in [0.3, 0.4) is 0 Å². The van der Waals surface area contributed by atoms with E-state index in [0.29, 0.717) is 28.2 Å². The summed E-state index contributed by atoms with van der Waals surface area (Å²) in [7, 11) is 1.60. The summed E-state index contributed by atoms with van der Waals surface area (Å²) in [4.78, 5) is 17.2. The molecule has 6 nitrogen and oxygen atoms in total. The highest BCUT2D eigenvalue weighted by Crippen LogP contribution is 2.29. The summed E-state index contributed by atoms with van der Waals surface area (Å²) in [6.07, 6.45) is 1.56. The Morgan fingerprint density at radius 2 is 1.79 bits per heavy atom. The average molecular weight is 319 g/mol. The molecule has 0 aliphatic heterocycles. The van der Waals surface area contributed by atoms with Crippen molar-refractivity contribution in [2.24, 2.45) is 5.16 Å². The third-order valence-electron chi connectivity index (χ3n) is 4.08. The molecule has 0 saturated heterocycles. The van der Waals surface area contributed by atoms with Crippen molar-refractivity contribution in [2.45, 2.75) is 0 Å². The Morgan fingerprint density at radius 1 is 1.08 bits per heavy atom. The largest absolute Gasteiger partial charge is 0.497 e. The molecule has 1 N–H and O–H groups in total. The van der Waals surface area contributed by atoms with Crippen LogP contribution in [-0.2, 0) is 0 Å². The molecule has 0 bridgehead atoms. The number of ketones is 1. The number of hydrogen-bond acceptors (Lipinski definition) is 5. The number of oxime groups is 1. The van der Waals surface area contributed by atoms with Gasteiger partial charge in [0.1, 0.15) is 29.2 Å². The summed E-state index contributed by atoms with van der Waals surface area (Å²) < 4.78 is 6.85. The minimum Gasteiger partial charge on any atom is -0.497 e. The summed E-state index contributed by atoms with van der Waals surface area (Å²) in [5.41, 5.74) is 2.90. The van der Waals surface area contributed by atoms with E-state index < -0.39 is 0 Å². The molecule has 118 valence electrons. The Bertz CT molecular complexity index is 971. The predicted octanol–water partition coefficient (Wildman–Crippen LogP) is 2.65. The van der Waals surface area contributed by atoms with Crippen molar-refractivity contribution in [1.29, 1.82) is 0 Å². The fraction of sp³-hybridized carbons (Fsp3) is 0.0556. The fourth-order valence-electron chi connectivity index (χ4n) is 2.92. The van der Waals surface area contributed by atoms with Gasteiger partial charge in [-0.25, -0.2) is 4.98 Å². The van der Waals surface area contributed by atoms with E-state index in [9.17, 15) is 10.0 Å². The predicted molar refractivity (Wildman–Crippen MR) is 87.4 cm³/mol. The van der Waals surface area contributed by atoms with E-state index in [0.717, 1.165) is 11.4 Å². The number of methoxy groups -OCH3 is 1. The summed E-state index contributed by atoms with van der Waals surface area (Å²) in [5, 5.41) is 12.8. The molecule has 0 fully saturated rings. The van der Waals surface area contributed by atoms with Crippen molar-refractivity contribution in [3.05, 3.63) is 77.4 Å². The SMILES string of the molecule is COc1ccc(-n2cnc3c2C(=O)c2ccccc2C3=NO)cc1. The van der Waals surface area contributed by atoms with Gasteiger partial charge in [-0.05, 0) is 24.3 Å². The maximum Gasteiger partial charge on any atom is 0.212 e. The number of aromatic nitrogens is 2. The van der Waals surface area contributed by atoms with Gasteiger partial charge in [-0.1, -0.05) is 29.4 Å². The number of hydrogen-bond donors (Lipinski definition) is 1. The maximum atomic E-state index is 12.9. The maximum absolute atomic E-state index is 12.9. The number of carbonyl (C=O) groups is 1. The second-order valence-corrected chi connectivity index (χ2v) is 5.33. The lowest BCUT2D eigenvalue weighted by atomic mass is 9.89. The van der Waals surface area contributed by atoms with E-state index in [1.165, 1.54) is 0 Å². The zero-order valence-electron chi connectivity index (χ0n) is 12.8. The second kappa shape index (κ2) is 5.34. The first-order valence-corrected chi connectivity index (χ1v) is 7.33. The summed E-state index contributed by atoms with van der Waals surface area (Å²) in [6.45, 7) is 0. The van der Waals surface area contributed by atoms with Gasteiger partial charge in [-0.2, -0.15) is 0 Å². The van der Waals surface area contributed by atoms with Crippen LogP contribution >= 0.6 is 0 Å². The molecule has 2 aromatic carbocycles. The van der Waals surface area contributed by atoms with Crippen LogP contribution < -0.4 is 4.74 Å². The van der Waals surface area contributed by atoms with Gasteiger partial charge in [0.05, 0.1) is 7.11 Å². The smallest absolute Gasteiger partial charge is 0.212 e. The summed E-state index contributed by atoms with van der Waals surface area (Å²) in [5.74, 6) is 0.573. The lowest BCUT2D eigenvalue weighted by Gasteiger charge is -2.17. The third kappa shape index (κ3) is 1.93. The molecule has 0 saturated carbocycles. The van der Waals surface area contributed by atoms with E-state index in [2.05, 4.69) is 10.1 Å². The molecular weight excluding hydrogens is 306 g/mol. The van der Waals surface area contributed by atoms with Crippen molar-refractivity contribution in [1.82, 2.24) is 9.55 Å².